The number of hydrogen-bond acceptors (Lipinski definition) is 5. The molecule has 0 spiro atoms. The van der Waals surface area contributed by atoms with Gasteiger partial charge in [-0.15, -0.1) is 0 Å². The molecule has 2 fully saturated rings. The van der Waals surface area contributed by atoms with E-state index >= 15 is 0 Å². The molecule has 7 nitrogen and oxygen atoms in total. The van der Waals surface area contributed by atoms with Crippen LogP contribution in [0.5, 0.6) is 0 Å². The Labute approximate surface area is 243 Å². The van der Waals surface area contributed by atoms with Crippen molar-refractivity contribution >= 4 is 23.3 Å². The quantitative estimate of drug-likeness (QED) is 0.397. The second-order valence-electron chi connectivity index (χ2n) is 10.8. The Kier molecular flexibility index (Phi) is 8.90. The van der Waals surface area contributed by atoms with Gasteiger partial charge in [0.1, 0.15) is 5.82 Å². The molecule has 1 saturated carbocycles. The van der Waals surface area contributed by atoms with E-state index in [9.17, 15) is 22.8 Å². The fourth-order valence-electron chi connectivity index (χ4n) is 4.66. The van der Waals surface area contributed by atoms with Crippen molar-refractivity contribution in [2.45, 2.75) is 32.0 Å². The van der Waals surface area contributed by atoms with Crippen LogP contribution in [0.25, 0.3) is 0 Å². The van der Waals surface area contributed by atoms with Crippen molar-refractivity contribution in [3.05, 3.63) is 88.6 Å². The van der Waals surface area contributed by atoms with Crippen molar-refractivity contribution in [1.82, 2.24) is 14.8 Å². The number of likely N-dealkylation sites (N-methyl/N-ethyl adjacent to an activating group) is 1. The molecule has 3 aromatic rings. The summed E-state index contributed by atoms with van der Waals surface area (Å²) in [5.74, 6) is 6.24. The average molecular weight is 576 g/mol. The number of carbonyl (C=O) groups excluding carboxylic acids is 2. The number of alkyl halides is 3. The third kappa shape index (κ3) is 8.18. The van der Waals surface area contributed by atoms with E-state index < -0.39 is 17.6 Å². The highest BCUT2D eigenvalue weighted by Gasteiger charge is 2.34. The molecule has 2 aromatic carbocycles. The summed E-state index contributed by atoms with van der Waals surface area (Å²) >= 11 is 0. The van der Waals surface area contributed by atoms with Gasteiger partial charge in [0.25, 0.3) is 0 Å². The SMILES string of the molecule is CN1CCN(Cc2ccc(NC(=O)Cc3ccc(C#Cc4ccc(NC(=O)C5CC5)nc4)cc3)cc2C(F)(F)F)CC1. The monoisotopic (exact) mass is 575 g/mol. The summed E-state index contributed by atoms with van der Waals surface area (Å²) in [6, 6.07) is 14.6. The highest BCUT2D eigenvalue weighted by atomic mass is 19.4. The van der Waals surface area contributed by atoms with Crippen LogP contribution in [0.2, 0.25) is 0 Å². The molecule has 0 atom stereocenters. The third-order valence-electron chi connectivity index (χ3n) is 7.32. The van der Waals surface area contributed by atoms with Gasteiger partial charge >= 0.3 is 6.18 Å². The number of aromatic nitrogens is 1. The number of carbonyl (C=O) groups is 2. The van der Waals surface area contributed by atoms with Gasteiger partial charge in [-0.25, -0.2) is 4.98 Å². The first-order valence-corrected chi connectivity index (χ1v) is 13.9. The Morgan fingerprint density at radius 1 is 0.929 bits per heavy atom. The summed E-state index contributed by atoms with van der Waals surface area (Å²) in [6.45, 7) is 3.27. The lowest BCUT2D eigenvalue weighted by Crippen LogP contribution is -2.44. The van der Waals surface area contributed by atoms with Gasteiger partial charge in [-0.1, -0.05) is 30.0 Å². The van der Waals surface area contributed by atoms with Crippen LogP contribution in [0.4, 0.5) is 24.7 Å². The summed E-state index contributed by atoms with van der Waals surface area (Å²) in [6.07, 6.45) is -1.07. The van der Waals surface area contributed by atoms with E-state index in [0.29, 0.717) is 30.0 Å². The molecule has 0 unspecified atom stereocenters. The zero-order valence-corrected chi connectivity index (χ0v) is 23.3. The van der Waals surface area contributed by atoms with Crippen molar-refractivity contribution in [3.8, 4) is 11.8 Å². The minimum absolute atomic E-state index is 0.00390. The minimum Gasteiger partial charge on any atom is -0.326 e. The third-order valence-corrected chi connectivity index (χ3v) is 7.32. The average Bonchev–Trinajstić information content (AvgIpc) is 3.81. The molecule has 2 heterocycles. The molecule has 2 aliphatic rings. The maximum absolute atomic E-state index is 13.9. The van der Waals surface area contributed by atoms with Crippen LogP contribution in [0.1, 0.15) is 40.7 Å². The minimum atomic E-state index is -4.52. The van der Waals surface area contributed by atoms with Crippen LogP contribution >= 0.6 is 0 Å². The summed E-state index contributed by atoms with van der Waals surface area (Å²) < 4.78 is 41.6. The number of nitrogens with one attached hydrogen (secondary N) is 2. The van der Waals surface area contributed by atoms with Gasteiger partial charge in [0, 0.05) is 61.7 Å². The van der Waals surface area contributed by atoms with Crippen LogP contribution in [-0.4, -0.2) is 59.8 Å². The van der Waals surface area contributed by atoms with Gasteiger partial charge in [-0.05, 0) is 67.4 Å². The number of nitrogens with zero attached hydrogens (tertiary/aromatic N) is 3. The van der Waals surface area contributed by atoms with E-state index in [2.05, 4.69) is 32.4 Å². The van der Waals surface area contributed by atoms with Crippen LogP contribution in [0, 0.1) is 17.8 Å². The van der Waals surface area contributed by atoms with Gasteiger partial charge in [0.2, 0.25) is 11.8 Å². The molecule has 2 amide bonds. The number of piperazine rings is 1. The highest BCUT2D eigenvalue weighted by Crippen LogP contribution is 2.35. The second-order valence-corrected chi connectivity index (χ2v) is 10.8. The van der Waals surface area contributed by atoms with Crippen LogP contribution in [-0.2, 0) is 28.7 Å². The van der Waals surface area contributed by atoms with Crippen molar-refractivity contribution in [2.24, 2.45) is 5.92 Å². The molecule has 0 radical (unpaired) electrons. The van der Waals surface area contributed by atoms with Crippen LogP contribution in [0.15, 0.2) is 60.8 Å². The Morgan fingerprint density at radius 2 is 1.62 bits per heavy atom. The largest absolute Gasteiger partial charge is 0.416 e. The Morgan fingerprint density at radius 3 is 2.26 bits per heavy atom. The smallest absolute Gasteiger partial charge is 0.326 e. The summed E-state index contributed by atoms with van der Waals surface area (Å²) in [5.41, 5.74) is 1.72. The lowest BCUT2D eigenvalue weighted by molar-refractivity contribution is -0.138. The lowest BCUT2D eigenvalue weighted by Gasteiger charge is -2.33. The summed E-state index contributed by atoms with van der Waals surface area (Å²) in [5, 5.41) is 5.39. The molecule has 1 aliphatic heterocycles. The van der Waals surface area contributed by atoms with Gasteiger partial charge in [-0.2, -0.15) is 13.2 Å². The number of hydrogen-bond donors (Lipinski definition) is 2. The fraction of sp³-hybridized carbons (Fsp3) is 0.344. The Bertz CT molecular complexity index is 1480. The molecular weight excluding hydrogens is 543 g/mol. The molecule has 2 N–H and O–H groups in total. The molecule has 1 aliphatic carbocycles. The molecule has 42 heavy (non-hydrogen) atoms. The predicted octanol–water partition coefficient (Wildman–Crippen LogP) is 4.78. The highest BCUT2D eigenvalue weighted by molar-refractivity contribution is 5.93. The van der Waals surface area contributed by atoms with E-state index in [1.807, 2.05) is 11.9 Å². The van der Waals surface area contributed by atoms with E-state index in [1.165, 1.54) is 12.1 Å². The summed E-state index contributed by atoms with van der Waals surface area (Å²) in [4.78, 5) is 32.9. The zero-order valence-electron chi connectivity index (χ0n) is 23.3. The van der Waals surface area contributed by atoms with Gasteiger partial charge < -0.3 is 15.5 Å². The molecule has 10 heteroatoms. The van der Waals surface area contributed by atoms with Crippen molar-refractivity contribution in [2.75, 3.05) is 43.9 Å². The van der Waals surface area contributed by atoms with E-state index in [4.69, 9.17) is 0 Å². The first-order valence-electron chi connectivity index (χ1n) is 13.9. The Hall–Kier alpha value is -4.20. The Balaban J connectivity index is 1.16. The molecule has 1 aromatic heterocycles. The van der Waals surface area contributed by atoms with Gasteiger partial charge in [0.05, 0.1) is 12.0 Å². The number of anilines is 2. The molecule has 5 rings (SSSR count). The normalized spacial score (nSPS) is 15.9. The molecular formula is C32H32F3N5O2. The number of benzene rings is 2. The molecule has 1 saturated heterocycles. The maximum Gasteiger partial charge on any atom is 0.416 e. The van der Waals surface area contributed by atoms with Crippen molar-refractivity contribution in [1.29, 1.82) is 0 Å². The van der Waals surface area contributed by atoms with Crippen molar-refractivity contribution in [3.63, 3.8) is 0 Å². The van der Waals surface area contributed by atoms with E-state index in [-0.39, 0.29) is 36.0 Å². The number of halogens is 3. The molecule has 0 bridgehead atoms. The first kappa shape index (κ1) is 29.3. The lowest BCUT2D eigenvalue weighted by atomic mass is 10.0. The van der Waals surface area contributed by atoms with Gasteiger partial charge in [0.15, 0.2) is 0 Å². The van der Waals surface area contributed by atoms with Crippen LogP contribution < -0.4 is 10.6 Å². The predicted molar refractivity (Wildman–Crippen MR) is 155 cm³/mol. The topological polar surface area (TPSA) is 77.6 Å². The molecule has 218 valence electrons. The fourth-order valence-corrected chi connectivity index (χ4v) is 4.66. The van der Waals surface area contributed by atoms with E-state index in [1.54, 1.807) is 42.6 Å². The van der Waals surface area contributed by atoms with Crippen molar-refractivity contribution < 1.29 is 22.8 Å². The second kappa shape index (κ2) is 12.8. The number of pyridine rings is 1. The first-order chi connectivity index (χ1) is 20.1. The number of rotatable bonds is 7. The van der Waals surface area contributed by atoms with E-state index in [0.717, 1.165) is 37.6 Å². The maximum atomic E-state index is 13.9. The summed E-state index contributed by atoms with van der Waals surface area (Å²) in [7, 11) is 2.00. The van der Waals surface area contributed by atoms with Crippen LogP contribution in [0.3, 0.4) is 0 Å². The van der Waals surface area contributed by atoms with Gasteiger partial charge in [-0.3, -0.25) is 14.5 Å². The zero-order chi connectivity index (χ0) is 29.7. The number of amides is 2. The standard InChI is InChI=1S/C32H32F3N5O2/c1-39-14-16-40(17-15-39)21-26-11-12-27(19-28(26)32(33,34)35)37-30(41)18-23-5-2-22(3-6-23)4-7-24-8-13-29(36-20-24)38-31(42)25-9-10-25/h2-3,5-6,8,11-13,19-20,25H,9-10,14-18,21H2,1H3,(H,37,41)(H,36,38,42).